The number of aldehydes is 1. The van der Waals surface area contributed by atoms with Gasteiger partial charge < -0.3 is 0 Å². The summed E-state index contributed by atoms with van der Waals surface area (Å²) < 4.78 is 0. The number of hydrogen-bond donors (Lipinski definition) is 0. The predicted molar refractivity (Wildman–Crippen MR) is 104 cm³/mol. The van der Waals surface area contributed by atoms with Crippen molar-refractivity contribution in [2.45, 2.75) is 13.3 Å². The molecule has 0 saturated heterocycles. The zero-order valence-electron chi connectivity index (χ0n) is 13.9. The molecule has 0 radical (unpaired) electrons. The van der Waals surface area contributed by atoms with E-state index in [-0.39, 0.29) is 5.78 Å². The van der Waals surface area contributed by atoms with Crippen LogP contribution in [0.2, 0.25) is 0 Å². The molecule has 0 saturated carbocycles. The Kier molecular flexibility index (Phi) is 5.36. The van der Waals surface area contributed by atoms with Crippen molar-refractivity contribution in [3.63, 3.8) is 0 Å². The minimum absolute atomic E-state index is 0.00125. The molecule has 0 atom stereocenters. The van der Waals surface area contributed by atoms with Crippen molar-refractivity contribution in [1.82, 2.24) is 0 Å². The highest BCUT2D eigenvalue weighted by molar-refractivity contribution is 7.14. The van der Waals surface area contributed by atoms with E-state index in [4.69, 9.17) is 0 Å². The van der Waals surface area contributed by atoms with Crippen molar-refractivity contribution in [2.24, 2.45) is 0 Å². The van der Waals surface area contributed by atoms with Crippen LogP contribution in [0.15, 0.2) is 66.7 Å². The molecule has 0 spiro atoms. The Labute approximate surface area is 151 Å². The summed E-state index contributed by atoms with van der Waals surface area (Å²) in [6.07, 6.45) is 5.08. The highest BCUT2D eigenvalue weighted by atomic mass is 32.1. The Morgan fingerprint density at radius 3 is 2.32 bits per heavy atom. The molecule has 124 valence electrons. The molecule has 0 fully saturated rings. The summed E-state index contributed by atoms with van der Waals surface area (Å²) in [5.74, 6) is 0.00125. The van der Waals surface area contributed by atoms with Crippen molar-refractivity contribution < 1.29 is 9.59 Å². The Bertz CT molecular complexity index is 903. The van der Waals surface area contributed by atoms with Crippen LogP contribution in [-0.4, -0.2) is 12.1 Å². The fraction of sp³-hybridized carbons (Fsp3) is 0.0909. The van der Waals surface area contributed by atoms with E-state index < -0.39 is 0 Å². The van der Waals surface area contributed by atoms with Gasteiger partial charge in [0, 0.05) is 10.4 Å². The average Bonchev–Trinajstić information content (AvgIpc) is 3.12. The first-order valence-electron chi connectivity index (χ1n) is 8.17. The Morgan fingerprint density at radius 2 is 1.68 bits per heavy atom. The molecule has 0 aliphatic heterocycles. The van der Waals surface area contributed by atoms with Crippen LogP contribution < -0.4 is 0 Å². The van der Waals surface area contributed by atoms with Gasteiger partial charge in [0.15, 0.2) is 5.78 Å². The van der Waals surface area contributed by atoms with E-state index in [1.807, 2.05) is 36.4 Å². The van der Waals surface area contributed by atoms with E-state index in [9.17, 15) is 9.59 Å². The predicted octanol–water partition coefficient (Wildman–Crippen LogP) is 5.69. The minimum atomic E-state index is 0.00125. The van der Waals surface area contributed by atoms with Crippen molar-refractivity contribution in [3.05, 3.63) is 87.6 Å². The van der Waals surface area contributed by atoms with Gasteiger partial charge in [-0.25, -0.2) is 0 Å². The smallest absolute Gasteiger partial charge is 0.195 e. The molecule has 0 unspecified atom stereocenters. The molecule has 3 rings (SSSR count). The van der Waals surface area contributed by atoms with Crippen molar-refractivity contribution in [3.8, 4) is 11.1 Å². The third kappa shape index (κ3) is 4.01. The number of hydrogen-bond acceptors (Lipinski definition) is 3. The lowest BCUT2D eigenvalue weighted by molar-refractivity contribution is 0.105. The summed E-state index contributed by atoms with van der Waals surface area (Å²) in [4.78, 5) is 25.2. The second kappa shape index (κ2) is 7.86. The molecule has 0 amide bonds. The SMILES string of the molecule is CCc1sc(C(=O)/C=C/c2ccc(C=O)cc2)cc1-c1ccccc1. The first kappa shape index (κ1) is 17.1. The van der Waals surface area contributed by atoms with E-state index in [0.29, 0.717) is 5.56 Å². The van der Waals surface area contributed by atoms with Gasteiger partial charge in [-0.05, 0) is 35.3 Å². The number of rotatable bonds is 6. The largest absolute Gasteiger partial charge is 0.298 e. The molecular weight excluding hydrogens is 328 g/mol. The third-order valence-corrected chi connectivity index (χ3v) is 5.25. The summed E-state index contributed by atoms with van der Waals surface area (Å²) in [5, 5.41) is 0. The van der Waals surface area contributed by atoms with Gasteiger partial charge in [-0.15, -0.1) is 11.3 Å². The van der Waals surface area contributed by atoms with Gasteiger partial charge in [0.25, 0.3) is 0 Å². The second-order valence-electron chi connectivity index (χ2n) is 5.65. The van der Waals surface area contributed by atoms with Gasteiger partial charge in [0.05, 0.1) is 4.88 Å². The van der Waals surface area contributed by atoms with E-state index in [0.717, 1.165) is 34.3 Å². The lowest BCUT2D eigenvalue weighted by Gasteiger charge is -2.00. The summed E-state index contributed by atoms with van der Waals surface area (Å²) in [6.45, 7) is 2.11. The summed E-state index contributed by atoms with van der Waals surface area (Å²) >= 11 is 1.56. The van der Waals surface area contributed by atoms with Crippen LogP contribution in [-0.2, 0) is 6.42 Å². The second-order valence-corrected chi connectivity index (χ2v) is 6.79. The molecule has 3 aromatic rings. The molecule has 2 aromatic carbocycles. The maximum absolute atomic E-state index is 12.5. The monoisotopic (exact) mass is 346 g/mol. The summed E-state index contributed by atoms with van der Waals surface area (Å²) in [6, 6.07) is 19.3. The first-order chi connectivity index (χ1) is 12.2. The molecule has 0 aliphatic carbocycles. The third-order valence-electron chi connectivity index (χ3n) is 3.96. The maximum atomic E-state index is 12.5. The van der Waals surface area contributed by atoms with Gasteiger partial charge >= 0.3 is 0 Å². The van der Waals surface area contributed by atoms with Crippen molar-refractivity contribution in [1.29, 1.82) is 0 Å². The Hall–Kier alpha value is -2.78. The fourth-order valence-electron chi connectivity index (χ4n) is 2.61. The zero-order valence-corrected chi connectivity index (χ0v) is 14.8. The van der Waals surface area contributed by atoms with Crippen molar-refractivity contribution >= 4 is 29.5 Å². The number of carbonyl (C=O) groups is 2. The van der Waals surface area contributed by atoms with Gasteiger partial charge in [-0.3, -0.25) is 9.59 Å². The minimum Gasteiger partial charge on any atom is -0.298 e. The van der Waals surface area contributed by atoms with Crippen LogP contribution in [0, 0.1) is 0 Å². The normalized spacial score (nSPS) is 10.9. The van der Waals surface area contributed by atoms with E-state index in [1.165, 1.54) is 4.88 Å². The highest BCUT2D eigenvalue weighted by Crippen LogP contribution is 2.32. The number of aryl methyl sites for hydroxylation is 1. The first-order valence-corrected chi connectivity index (χ1v) is 8.98. The lowest BCUT2D eigenvalue weighted by atomic mass is 10.0. The number of carbonyl (C=O) groups excluding carboxylic acids is 2. The number of benzene rings is 2. The molecule has 0 aliphatic rings. The molecule has 3 heteroatoms. The molecule has 0 N–H and O–H groups in total. The zero-order chi connectivity index (χ0) is 17.6. The summed E-state index contributed by atoms with van der Waals surface area (Å²) in [7, 11) is 0. The van der Waals surface area contributed by atoms with Gasteiger partial charge in [0.1, 0.15) is 6.29 Å². The topological polar surface area (TPSA) is 34.1 Å². The van der Waals surface area contributed by atoms with Gasteiger partial charge in [-0.2, -0.15) is 0 Å². The summed E-state index contributed by atoms with van der Waals surface area (Å²) in [5.41, 5.74) is 3.81. The average molecular weight is 346 g/mol. The van der Waals surface area contributed by atoms with Crippen LogP contribution in [0.3, 0.4) is 0 Å². The Balaban J connectivity index is 1.83. The van der Waals surface area contributed by atoms with Gasteiger partial charge in [0.2, 0.25) is 0 Å². The maximum Gasteiger partial charge on any atom is 0.195 e. The van der Waals surface area contributed by atoms with Crippen LogP contribution in [0.4, 0.5) is 0 Å². The fourth-order valence-corrected chi connectivity index (χ4v) is 3.66. The molecule has 1 heterocycles. The highest BCUT2D eigenvalue weighted by Gasteiger charge is 2.13. The van der Waals surface area contributed by atoms with Gasteiger partial charge in [-0.1, -0.05) is 67.6 Å². The standard InChI is InChI=1S/C22H18O2S/c1-2-21-19(18-6-4-3-5-7-18)14-22(25-21)20(24)13-12-16-8-10-17(15-23)11-9-16/h3-15H,2H2,1H3/b13-12+. The van der Waals surface area contributed by atoms with Crippen LogP contribution >= 0.6 is 11.3 Å². The van der Waals surface area contributed by atoms with Crippen LogP contribution in [0.5, 0.6) is 0 Å². The quantitative estimate of drug-likeness (QED) is 0.326. The van der Waals surface area contributed by atoms with Crippen LogP contribution in [0.25, 0.3) is 17.2 Å². The van der Waals surface area contributed by atoms with Crippen molar-refractivity contribution in [2.75, 3.05) is 0 Å². The number of ketones is 1. The number of allylic oxidation sites excluding steroid dienone is 1. The molecule has 1 aromatic heterocycles. The molecule has 0 bridgehead atoms. The van der Waals surface area contributed by atoms with E-state index in [2.05, 4.69) is 19.1 Å². The molecule has 25 heavy (non-hydrogen) atoms. The molecular formula is C22H18O2S. The lowest BCUT2D eigenvalue weighted by Crippen LogP contribution is -1.89. The Morgan fingerprint density at radius 1 is 1.00 bits per heavy atom. The molecule has 2 nitrogen and oxygen atoms in total. The van der Waals surface area contributed by atoms with Crippen LogP contribution in [0.1, 0.15) is 37.4 Å². The number of thiophene rings is 1. The van der Waals surface area contributed by atoms with E-state index in [1.54, 1.807) is 35.6 Å². The van der Waals surface area contributed by atoms with E-state index >= 15 is 0 Å².